The summed E-state index contributed by atoms with van der Waals surface area (Å²) in [4.78, 5) is 117. The van der Waals surface area contributed by atoms with Gasteiger partial charge in [-0.25, -0.2) is 9.59 Å². The minimum atomic E-state index is -2.50. The highest BCUT2D eigenvalue weighted by Gasteiger charge is 2.79. The molecule has 1 amide bonds. The first kappa shape index (κ1) is 55.0. The number of nitrogens with one attached hydrogen (secondary N) is 1. The van der Waals surface area contributed by atoms with Crippen LogP contribution in [-0.2, 0) is 61.9 Å². The highest BCUT2D eigenvalue weighted by molar-refractivity contribution is 5.97. The summed E-state index contributed by atoms with van der Waals surface area (Å²) in [6, 6.07) is 22.9. The Labute approximate surface area is 429 Å². The van der Waals surface area contributed by atoms with Crippen LogP contribution in [0.1, 0.15) is 86.7 Å². The van der Waals surface area contributed by atoms with Crippen LogP contribution in [0.3, 0.4) is 0 Å². The van der Waals surface area contributed by atoms with Crippen molar-refractivity contribution in [3.63, 3.8) is 0 Å². The molecule has 396 valence electrons. The molecule has 0 aromatic heterocycles. The Morgan fingerprint density at radius 3 is 1.86 bits per heavy atom. The minimum absolute atomic E-state index is 0.0344. The molecule has 74 heavy (non-hydrogen) atoms. The third-order valence-corrected chi connectivity index (χ3v) is 14.8. The molecule has 0 radical (unpaired) electrons. The molecule has 7 rings (SSSR count). The number of aliphatic hydroxyl groups is 1. The Morgan fingerprint density at radius 2 is 1.32 bits per heavy atom. The lowest BCUT2D eigenvalue weighted by Crippen LogP contribution is -2.82. The summed E-state index contributed by atoms with van der Waals surface area (Å²) in [6.45, 7) is 7.42. The molecular weight excluding hydrogens is 959 g/mol. The lowest BCUT2D eigenvalue weighted by atomic mass is 9.44. The molecule has 3 fully saturated rings. The number of fused-ring (bicyclic) bond motifs is 5. The van der Waals surface area contributed by atoms with E-state index in [-0.39, 0.29) is 48.4 Å². The van der Waals surface area contributed by atoms with Crippen LogP contribution in [0.15, 0.2) is 102 Å². The van der Waals surface area contributed by atoms with Crippen LogP contribution in [0.25, 0.3) is 0 Å². The molecule has 0 unspecified atom stereocenters. The van der Waals surface area contributed by atoms with E-state index in [1.807, 2.05) is 0 Å². The minimum Gasteiger partial charge on any atom is -0.460 e. The Morgan fingerprint density at radius 1 is 0.757 bits per heavy atom. The molecule has 4 aliphatic rings. The second-order valence-corrected chi connectivity index (χ2v) is 20.8. The predicted octanol–water partition coefficient (Wildman–Crippen LogP) is 3.96. The Bertz CT molecular complexity index is 2680. The summed E-state index contributed by atoms with van der Waals surface area (Å²) in [5.74, 6) is -8.68. The van der Waals surface area contributed by atoms with E-state index < -0.39 is 125 Å². The van der Waals surface area contributed by atoms with E-state index in [9.17, 15) is 33.9 Å². The molecule has 3 aromatic carbocycles. The second-order valence-electron chi connectivity index (χ2n) is 20.8. The van der Waals surface area contributed by atoms with Crippen LogP contribution in [0.4, 0.5) is 0 Å². The molecule has 3 aromatic rings. The number of hydrogen-bond acceptors (Lipinski definition) is 18. The number of nitrogens with zero attached hydrogens (tertiary/aromatic N) is 2. The number of amides is 1. The molecule has 19 nitrogen and oxygen atoms in total. The van der Waals surface area contributed by atoms with Gasteiger partial charge >= 0.3 is 35.8 Å². The second kappa shape index (κ2) is 21.6. The fraction of sp³-hybridized carbons (Fsp3) is 0.491. The number of esters is 6. The third-order valence-electron chi connectivity index (χ3n) is 14.8. The van der Waals surface area contributed by atoms with Crippen molar-refractivity contribution in [2.45, 2.75) is 108 Å². The van der Waals surface area contributed by atoms with Gasteiger partial charge in [-0.3, -0.25) is 38.6 Å². The quantitative estimate of drug-likeness (QED) is 0.117. The van der Waals surface area contributed by atoms with Crippen LogP contribution < -0.4 is 5.32 Å². The first-order valence-corrected chi connectivity index (χ1v) is 24.4. The van der Waals surface area contributed by atoms with Crippen molar-refractivity contribution in [2.75, 3.05) is 47.9 Å². The fourth-order valence-corrected chi connectivity index (χ4v) is 11.3. The lowest BCUT2D eigenvalue weighted by Gasteiger charge is -2.67. The van der Waals surface area contributed by atoms with Crippen molar-refractivity contribution in [1.29, 1.82) is 0 Å². The molecule has 1 heterocycles. The smallest absolute Gasteiger partial charge is 0.350 e. The highest BCUT2D eigenvalue weighted by atomic mass is 16.6. The number of ketones is 1. The molecule has 0 spiro atoms. The van der Waals surface area contributed by atoms with Gasteiger partial charge in [-0.2, -0.15) is 0 Å². The SMILES string of the molecule is CC(=O)O[C@H]1C(=O)[C@]2(C)[C@@H](OC(=O)CN(C)C)C[C@H]3OC[C@@]3(OC(C)=O)[C@H]2[C@H](OC(=O)c2ccccc2)[C@]2(O)C[C@H](OC(=O)[C@H](OC(=O)CN(C)C)[C@@H](NC(=O)c3ccccc3)c3ccccc3)C(C)=C1C2(C)C. The molecule has 1 aliphatic heterocycles. The Kier molecular flexibility index (Phi) is 16.0. The van der Waals surface area contributed by atoms with Crippen LogP contribution in [0, 0.1) is 16.7 Å². The topological polar surface area (TPSA) is 240 Å². The van der Waals surface area contributed by atoms with E-state index in [0.29, 0.717) is 5.56 Å². The van der Waals surface area contributed by atoms with Gasteiger partial charge in [0.15, 0.2) is 17.5 Å². The number of likely N-dealkylation sites (N-methyl/N-ethyl adjacent to an activating group) is 2. The average Bonchev–Trinajstić information content (AvgIpc) is 3.33. The zero-order chi connectivity index (χ0) is 54.1. The van der Waals surface area contributed by atoms with Gasteiger partial charge in [0.2, 0.25) is 6.10 Å². The largest absolute Gasteiger partial charge is 0.460 e. The van der Waals surface area contributed by atoms with Crippen molar-refractivity contribution in [3.8, 4) is 0 Å². The molecule has 3 aliphatic carbocycles. The Hall–Kier alpha value is -6.80. The molecule has 2 saturated carbocycles. The molecule has 2 N–H and O–H groups in total. The van der Waals surface area contributed by atoms with Crippen molar-refractivity contribution in [3.05, 3.63) is 119 Å². The van der Waals surface area contributed by atoms with Crippen molar-refractivity contribution < 1.29 is 76.6 Å². The van der Waals surface area contributed by atoms with Crippen LogP contribution in [-0.4, -0.2) is 158 Å². The summed E-state index contributed by atoms with van der Waals surface area (Å²) >= 11 is 0. The molecule has 2 bridgehead atoms. The van der Waals surface area contributed by atoms with Gasteiger partial charge < -0.3 is 43.6 Å². The van der Waals surface area contributed by atoms with Gasteiger partial charge in [0, 0.05) is 37.7 Å². The highest BCUT2D eigenvalue weighted by Crippen LogP contribution is 2.65. The zero-order valence-corrected chi connectivity index (χ0v) is 43.3. The van der Waals surface area contributed by atoms with E-state index in [2.05, 4.69) is 5.32 Å². The van der Waals surface area contributed by atoms with E-state index in [0.717, 1.165) is 13.8 Å². The van der Waals surface area contributed by atoms with E-state index in [1.54, 1.807) is 126 Å². The summed E-state index contributed by atoms with van der Waals surface area (Å²) in [6.07, 6.45) is -10.7. The number of carbonyl (C=O) groups is 8. The summed E-state index contributed by atoms with van der Waals surface area (Å²) < 4.78 is 43.5. The van der Waals surface area contributed by atoms with Gasteiger partial charge in [-0.1, -0.05) is 80.6 Å². The number of Topliss-reactive ketones (excluding diaryl/α,β-unsaturated/α-hetero) is 1. The molecular formula is C55H65N3O16. The maximum atomic E-state index is 16.2. The zero-order valence-electron chi connectivity index (χ0n) is 43.3. The van der Waals surface area contributed by atoms with E-state index in [1.165, 1.54) is 30.9 Å². The number of benzene rings is 3. The van der Waals surface area contributed by atoms with Crippen molar-refractivity contribution in [1.82, 2.24) is 15.1 Å². The molecule has 19 heteroatoms. The number of carbonyl (C=O) groups excluding carboxylic acids is 8. The summed E-state index contributed by atoms with van der Waals surface area (Å²) in [7, 11) is 6.51. The van der Waals surface area contributed by atoms with Gasteiger partial charge in [0.1, 0.15) is 36.1 Å². The number of hydrogen-bond donors (Lipinski definition) is 2. The number of rotatable bonds is 16. The normalized spacial score (nSPS) is 28.6. The monoisotopic (exact) mass is 1020 g/mol. The van der Waals surface area contributed by atoms with Crippen LogP contribution >= 0.6 is 0 Å². The Balaban J connectivity index is 1.46. The molecule has 11 atom stereocenters. The maximum Gasteiger partial charge on any atom is 0.350 e. The van der Waals surface area contributed by atoms with E-state index >= 15 is 9.59 Å². The van der Waals surface area contributed by atoms with E-state index in [4.69, 9.17) is 33.2 Å². The first-order chi connectivity index (χ1) is 34.8. The average molecular weight is 1020 g/mol. The summed E-state index contributed by atoms with van der Waals surface area (Å²) in [5, 5.41) is 17.0. The van der Waals surface area contributed by atoms with Crippen molar-refractivity contribution >= 4 is 47.5 Å². The lowest BCUT2D eigenvalue weighted by molar-refractivity contribution is -0.346. The fourth-order valence-electron chi connectivity index (χ4n) is 11.3. The predicted molar refractivity (Wildman–Crippen MR) is 263 cm³/mol. The van der Waals surface area contributed by atoms with Crippen LogP contribution in [0.2, 0.25) is 0 Å². The van der Waals surface area contributed by atoms with Crippen LogP contribution in [0.5, 0.6) is 0 Å². The van der Waals surface area contributed by atoms with Crippen molar-refractivity contribution in [2.24, 2.45) is 16.7 Å². The third kappa shape index (κ3) is 10.5. The van der Waals surface area contributed by atoms with Gasteiger partial charge in [0.25, 0.3) is 5.91 Å². The number of ether oxygens (including phenoxy) is 7. The van der Waals surface area contributed by atoms with Gasteiger partial charge in [-0.15, -0.1) is 0 Å². The first-order valence-electron chi connectivity index (χ1n) is 24.4. The maximum absolute atomic E-state index is 16.2. The molecule has 1 saturated heterocycles. The standard InChI is InChI=1S/C55H65N3O16/c1-31-37(70-51(66)45(72-41(62)29-58(9)10)43(34-20-14-11-15-21-34)56-49(64)35-22-16-12-17-23-35)27-55(67)48(73-50(65)36-24-18-13-19-25-36)46-53(6,47(63)44(69-32(2)59)42(31)52(55,4)5)38(71-40(61)28-57(7)8)26-39-54(46,30-68-39)74-33(3)60/h11-25,37-39,43-46,48,67H,26-30H2,1-10H3,(H,56,64)/t37-,38-,39+,43-,44+,45+,46-,48-,53+,54-,55+/m0/s1. The van der Waals surface area contributed by atoms with Gasteiger partial charge in [-0.05, 0) is 83.0 Å². The summed E-state index contributed by atoms with van der Waals surface area (Å²) in [5.41, 5.74) is -7.56. The van der Waals surface area contributed by atoms with Gasteiger partial charge in [0.05, 0.1) is 36.6 Å².